The van der Waals surface area contributed by atoms with E-state index in [0.717, 1.165) is 10.9 Å². The molecule has 0 saturated heterocycles. The van der Waals surface area contributed by atoms with Gasteiger partial charge in [-0.05, 0) is 19.3 Å². The van der Waals surface area contributed by atoms with Gasteiger partial charge in [0.15, 0.2) is 0 Å². The van der Waals surface area contributed by atoms with E-state index in [0.29, 0.717) is 6.04 Å². The number of hydrogen-bond acceptors (Lipinski definition) is 1. The number of hydrogen-bond donors (Lipinski definition) is 1. The standard InChI is InChI=1S/C21H41NS2/c1-2-3-4-5-6-7-8-9-10-11-12-16-19-22(21(23)24)20-17-14-13-15-18-20/h20H,2-19H2,1H3,(H,23,24). The van der Waals surface area contributed by atoms with Gasteiger partial charge in [-0.25, -0.2) is 0 Å². The zero-order valence-electron chi connectivity index (χ0n) is 16.1. The molecule has 3 heteroatoms. The minimum Gasteiger partial charge on any atom is -0.355 e. The van der Waals surface area contributed by atoms with Gasteiger partial charge in [-0.1, -0.05) is 109 Å². The molecular weight excluding hydrogens is 330 g/mol. The summed E-state index contributed by atoms with van der Waals surface area (Å²) in [7, 11) is 0. The zero-order valence-corrected chi connectivity index (χ0v) is 17.8. The Bertz CT molecular complexity index is 300. The fraction of sp³-hybridized carbons (Fsp3) is 0.952. The summed E-state index contributed by atoms with van der Waals surface area (Å²) in [5.41, 5.74) is 0. The number of unbranched alkanes of at least 4 members (excludes halogenated alkanes) is 11. The molecule has 0 heterocycles. The fourth-order valence-electron chi connectivity index (χ4n) is 3.95. The van der Waals surface area contributed by atoms with Crippen LogP contribution in [0.4, 0.5) is 0 Å². The average Bonchev–Trinajstić information content (AvgIpc) is 2.59. The second-order valence-corrected chi connectivity index (χ2v) is 8.77. The van der Waals surface area contributed by atoms with Crippen molar-refractivity contribution < 1.29 is 0 Å². The van der Waals surface area contributed by atoms with E-state index in [4.69, 9.17) is 12.2 Å². The third-order valence-corrected chi connectivity index (χ3v) is 6.01. The lowest BCUT2D eigenvalue weighted by Gasteiger charge is -2.35. The van der Waals surface area contributed by atoms with Gasteiger partial charge < -0.3 is 4.90 Å². The lowest BCUT2D eigenvalue weighted by atomic mass is 9.94. The molecule has 0 aromatic rings. The van der Waals surface area contributed by atoms with Crippen LogP contribution >= 0.6 is 24.8 Å². The molecule has 1 aliphatic carbocycles. The highest BCUT2D eigenvalue weighted by Gasteiger charge is 2.21. The molecule has 0 atom stereocenters. The van der Waals surface area contributed by atoms with Gasteiger partial charge in [-0.15, -0.1) is 12.6 Å². The summed E-state index contributed by atoms with van der Waals surface area (Å²) < 4.78 is 0.824. The predicted molar refractivity (Wildman–Crippen MR) is 116 cm³/mol. The summed E-state index contributed by atoms with van der Waals surface area (Å²) in [6.07, 6.45) is 23.7. The van der Waals surface area contributed by atoms with Gasteiger partial charge >= 0.3 is 0 Å². The first kappa shape index (κ1) is 22.3. The Morgan fingerprint density at radius 3 is 1.71 bits per heavy atom. The Hall–Kier alpha value is 0.240. The van der Waals surface area contributed by atoms with Gasteiger partial charge in [-0.3, -0.25) is 0 Å². The maximum atomic E-state index is 5.37. The van der Waals surface area contributed by atoms with E-state index in [1.165, 1.54) is 109 Å². The van der Waals surface area contributed by atoms with Crippen LogP contribution in [0, 0.1) is 0 Å². The van der Waals surface area contributed by atoms with Gasteiger partial charge in [-0.2, -0.15) is 0 Å². The first-order valence-electron chi connectivity index (χ1n) is 10.7. The highest BCUT2D eigenvalue weighted by atomic mass is 32.1. The third kappa shape index (κ3) is 11.0. The second-order valence-electron chi connectivity index (χ2n) is 7.66. The van der Waals surface area contributed by atoms with Crippen LogP contribution in [0.1, 0.15) is 116 Å². The van der Waals surface area contributed by atoms with Crippen molar-refractivity contribution in [3.8, 4) is 0 Å². The van der Waals surface area contributed by atoms with Crippen molar-refractivity contribution >= 4 is 29.2 Å². The van der Waals surface area contributed by atoms with E-state index in [9.17, 15) is 0 Å². The van der Waals surface area contributed by atoms with E-state index in [1.807, 2.05) is 0 Å². The minimum atomic E-state index is 0.677. The summed E-state index contributed by atoms with van der Waals surface area (Å²) in [4.78, 5) is 2.41. The van der Waals surface area contributed by atoms with Crippen molar-refractivity contribution in [2.75, 3.05) is 6.54 Å². The van der Waals surface area contributed by atoms with Crippen LogP contribution in [-0.2, 0) is 0 Å². The summed E-state index contributed by atoms with van der Waals surface area (Å²) in [5.74, 6) is 0. The van der Waals surface area contributed by atoms with Crippen LogP contribution < -0.4 is 0 Å². The molecule has 1 saturated carbocycles. The first-order valence-corrected chi connectivity index (χ1v) is 11.6. The van der Waals surface area contributed by atoms with Crippen LogP contribution in [0.5, 0.6) is 0 Å². The smallest absolute Gasteiger partial charge is 0.133 e. The molecule has 1 rings (SSSR count). The zero-order chi connectivity index (χ0) is 17.5. The largest absolute Gasteiger partial charge is 0.355 e. The molecule has 0 spiro atoms. The van der Waals surface area contributed by atoms with Crippen molar-refractivity contribution in [2.45, 2.75) is 122 Å². The van der Waals surface area contributed by atoms with Gasteiger partial charge in [0.25, 0.3) is 0 Å². The highest BCUT2D eigenvalue weighted by molar-refractivity contribution is 8.10. The van der Waals surface area contributed by atoms with E-state index < -0.39 is 0 Å². The molecule has 0 aliphatic heterocycles. The number of thiol groups is 1. The molecule has 0 bridgehead atoms. The molecule has 1 nitrogen and oxygen atoms in total. The Morgan fingerprint density at radius 2 is 1.25 bits per heavy atom. The Labute approximate surface area is 162 Å². The van der Waals surface area contributed by atoms with E-state index in [2.05, 4.69) is 24.5 Å². The van der Waals surface area contributed by atoms with Gasteiger partial charge in [0.2, 0.25) is 0 Å². The van der Waals surface area contributed by atoms with Crippen molar-refractivity contribution in [3.63, 3.8) is 0 Å². The van der Waals surface area contributed by atoms with Gasteiger partial charge in [0, 0.05) is 12.6 Å². The number of thiocarbonyl (C=S) groups is 1. The van der Waals surface area contributed by atoms with E-state index in [-0.39, 0.29) is 0 Å². The summed E-state index contributed by atoms with van der Waals surface area (Å²) >= 11 is 9.85. The van der Waals surface area contributed by atoms with Crippen molar-refractivity contribution in [1.29, 1.82) is 0 Å². The number of nitrogens with zero attached hydrogens (tertiary/aromatic N) is 1. The van der Waals surface area contributed by atoms with Crippen molar-refractivity contribution in [1.82, 2.24) is 4.90 Å². The van der Waals surface area contributed by atoms with E-state index in [1.54, 1.807) is 0 Å². The van der Waals surface area contributed by atoms with Crippen molar-refractivity contribution in [2.24, 2.45) is 0 Å². The lowest BCUT2D eigenvalue weighted by molar-refractivity contribution is 0.246. The SMILES string of the molecule is CCCCCCCCCCCCCCN(C(=S)S)C1CCCCC1. The molecule has 24 heavy (non-hydrogen) atoms. The molecule has 0 amide bonds. The molecule has 0 aromatic carbocycles. The fourth-order valence-corrected chi connectivity index (χ4v) is 4.45. The highest BCUT2D eigenvalue weighted by Crippen LogP contribution is 2.24. The minimum absolute atomic E-state index is 0.677. The van der Waals surface area contributed by atoms with Gasteiger partial charge in [0.1, 0.15) is 4.32 Å². The molecule has 1 aliphatic rings. The Morgan fingerprint density at radius 1 is 0.792 bits per heavy atom. The third-order valence-electron chi connectivity index (χ3n) is 5.51. The first-order chi connectivity index (χ1) is 11.8. The normalized spacial score (nSPS) is 15.6. The quantitative estimate of drug-likeness (QED) is 0.191. The van der Waals surface area contributed by atoms with Crippen LogP contribution in [-0.4, -0.2) is 21.8 Å². The van der Waals surface area contributed by atoms with Crippen LogP contribution in [0.3, 0.4) is 0 Å². The van der Waals surface area contributed by atoms with Crippen LogP contribution in [0.2, 0.25) is 0 Å². The summed E-state index contributed by atoms with van der Waals surface area (Å²) in [6, 6.07) is 0.677. The maximum absolute atomic E-state index is 5.37. The number of rotatable bonds is 14. The van der Waals surface area contributed by atoms with Crippen LogP contribution in [0.25, 0.3) is 0 Å². The lowest BCUT2D eigenvalue weighted by Crippen LogP contribution is -2.39. The predicted octanol–water partition coefficient (Wildman–Crippen LogP) is 7.54. The van der Waals surface area contributed by atoms with Gasteiger partial charge in [0.05, 0.1) is 0 Å². The summed E-state index contributed by atoms with van der Waals surface area (Å²) in [6.45, 7) is 3.42. The molecule has 142 valence electrons. The molecule has 0 unspecified atom stereocenters. The average molecular weight is 372 g/mol. The molecule has 1 fully saturated rings. The topological polar surface area (TPSA) is 3.24 Å². The monoisotopic (exact) mass is 371 g/mol. The van der Waals surface area contributed by atoms with Crippen LogP contribution in [0.15, 0.2) is 0 Å². The van der Waals surface area contributed by atoms with Crippen molar-refractivity contribution in [3.05, 3.63) is 0 Å². The summed E-state index contributed by atoms with van der Waals surface area (Å²) in [5, 5.41) is 0. The second kappa shape index (κ2) is 15.5. The molecular formula is C21H41NS2. The Balaban J connectivity index is 1.93. The van der Waals surface area contributed by atoms with E-state index >= 15 is 0 Å². The molecule has 0 aromatic heterocycles. The maximum Gasteiger partial charge on any atom is 0.133 e. The molecule has 0 N–H and O–H groups in total. The Kier molecular flexibility index (Phi) is 14.4. The molecule has 0 radical (unpaired) electrons.